The number of carbonyl (C=O) groups is 1. The molecular weight excluding hydrogens is 418 g/mol. The van der Waals surface area contributed by atoms with Gasteiger partial charge in [-0.05, 0) is 42.7 Å². The largest absolute Gasteiger partial charge is 0.507 e. The Morgan fingerprint density at radius 2 is 1.93 bits per heavy atom. The van der Waals surface area contributed by atoms with Crippen LogP contribution in [0.3, 0.4) is 0 Å². The maximum Gasteiger partial charge on any atom is 0.275 e. The lowest BCUT2D eigenvalue weighted by atomic mass is 10.1. The van der Waals surface area contributed by atoms with Gasteiger partial charge in [-0.25, -0.2) is 0 Å². The van der Waals surface area contributed by atoms with Gasteiger partial charge in [0.15, 0.2) is 4.34 Å². The number of hydrogen-bond acceptors (Lipinski definition) is 7. The minimum atomic E-state index is -0.368. The SMILES string of the molecule is Cc1ccccc1CSc1nnc(NC(=O)c2cc(-c3cccc(C)c3O)n[nH]2)s1. The number of thioether (sulfide) groups is 1. The van der Waals surface area contributed by atoms with Gasteiger partial charge in [0, 0.05) is 11.3 Å². The number of nitrogens with zero attached hydrogens (tertiary/aromatic N) is 3. The van der Waals surface area contributed by atoms with Crippen LogP contribution in [0.25, 0.3) is 11.3 Å². The van der Waals surface area contributed by atoms with E-state index in [1.54, 1.807) is 23.9 Å². The summed E-state index contributed by atoms with van der Waals surface area (Å²) in [5.74, 6) is 0.571. The molecule has 0 aliphatic heterocycles. The van der Waals surface area contributed by atoms with Crippen molar-refractivity contribution in [1.82, 2.24) is 20.4 Å². The second-order valence-electron chi connectivity index (χ2n) is 6.68. The Hall–Kier alpha value is -3.17. The summed E-state index contributed by atoms with van der Waals surface area (Å²) >= 11 is 2.90. The normalized spacial score (nSPS) is 10.9. The van der Waals surface area contributed by atoms with E-state index in [0.29, 0.717) is 16.4 Å². The standard InChI is InChI=1S/C21H19N5O2S2/c1-12-6-3-4-8-14(12)11-29-21-26-25-20(30-21)22-19(28)17-10-16(23-24-17)15-9-5-7-13(2)18(15)27/h3-10,27H,11H2,1-2H3,(H,23,24)(H,22,25,28). The second-order valence-corrected chi connectivity index (χ2v) is 8.88. The molecule has 0 bridgehead atoms. The summed E-state index contributed by atoms with van der Waals surface area (Å²) in [7, 11) is 0. The summed E-state index contributed by atoms with van der Waals surface area (Å²) in [6, 6.07) is 15.2. The molecule has 0 aliphatic rings. The molecule has 0 spiro atoms. The van der Waals surface area contributed by atoms with Crippen molar-refractivity contribution in [2.75, 3.05) is 5.32 Å². The number of benzene rings is 2. The average Bonchev–Trinajstić information content (AvgIpc) is 3.39. The lowest BCUT2D eigenvalue weighted by Gasteiger charge is -2.03. The Labute approximate surface area is 181 Å². The number of phenols is 1. The van der Waals surface area contributed by atoms with Gasteiger partial charge in [-0.2, -0.15) is 5.10 Å². The van der Waals surface area contributed by atoms with Gasteiger partial charge in [0.2, 0.25) is 5.13 Å². The Bertz CT molecular complexity index is 1200. The number of nitrogens with one attached hydrogen (secondary N) is 2. The molecule has 2 heterocycles. The zero-order chi connectivity index (χ0) is 21.1. The topological polar surface area (TPSA) is 104 Å². The number of amides is 1. The third-order valence-electron chi connectivity index (χ3n) is 4.58. The number of H-pyrrole nitrogens is 1. The number of anilines is 1. The van der Waals surface area contributed by atoms with Crippen LogP contribution >= 0.6 is 23.1 Å². The van der Waals surface area contributed by atoms with Crippen molar-refractivity contribution < 1.29 is 9.90 Å². The third kappa shape index (κ3) is 4.37. The first-order valence-electron chi connectivity index (χ1n) is 9.18. The number of hydrogen-bond donors (Lipinski definition) is 3. The molecule has 3 N–H and O–H groups in total. The van der Waals surface area contributed by atoms with Crippen molar-refractivity contribution in [3.05, 3.63) is 70.9 Å². The van der Waals surface area contributed by atoms with E-state index in [-0.39, 0.29) is 17.4 Å². The van der Waals surface area contributed by atoms with Crippen molar-refractivity contribution >= 4 is 34.1 Å². The summed E-state index contributed by atoms with van der Waals surface area (Å²) in [4.78, 5) is 12.5. The van der Waals surface area contributed by atoms with Crippen molar-refractivity contribution in [2.24, 2.45) is 0 Å². The predicted molar refractivity (Wildman–Crippen MR) is 119 cm³/mol. The van der Waals surface area contributed by atoms with Crippen LogP contribution in [0.1, 0.15) is 27.2 Å². The zero-order valence-electron chi connectivity index (χ0n) is 16.3. The van der Waals surface area contributed by atoms with E-state index in [4.69, 9.17) is 0 Å². The molecule has 0 saturated carbocycles. The number of carbonyl (C=O) groups excluding carboxylic acids is 1. The van der Waals surface area contributed by atoms with E-state index < -0.39 is 0 Å². The Morgan fingerprint density at radius 1 is 1.13 bits per heavy atom. The highest BCUT2D eigenvalue weighted by Crippen LogP contribution is 2.31. The van der Waals surface area contributed by atoms with Crippen molar-refractivity contribution in [2.45, 2.75) is 23.9 Å². The van der Waals surface area contributed by atoms with Gasteiger partial charge in [0.25, 0.3) is 5.91 Å². The zero-order valence-corrected chi connectivity index (χ0v) is 18.0. The number of para-hydroxylation sites is 1. The first-order valence-corrected chi connectivity index (χ1v) is 11.0. The number of rotatable bonds is 6. The number of aromatic nitrogens is 4. The molecule has 0 fully saturated rings. The Morgan fingerprint density at radius 3 is 2.77 bits per heavy atom. The molecule has 1 amide bonds. The van der Waals surface area contributed by atoms with Gasteiger partial charge >= 0.3 is 0 Å². The van der Waals surface area contributed by atoms with Gasteiger partial charge in [-0.1, -0.05) is 59.5 Å². The lowest BCUT2D eigenvalue weighted by molar-refractivity contribution is 0.102. The number of phenolic OH excluding ortho intramolecular Hbond substituents is 1. The van der Waals surface area contributed by atoms with Crippen LogP contribution in [0.15, 0.2) is 52.9 Å². The van der Waals surface area contributed by atoms with Crippen LogP contribution in [-0.2, 0) is 5.75 Å². The van der Waals surface area contributed by atoms with E-state index in [2.05, 4.69) is 44.8 Å². The summed E-state index contributed by atoms with van der Waals surface area (Å²) in [5, 5.41) is 28.4. The van der Waals surface area contributed by atoms with E-state index in [0.717, 1.165) is 15.7 Å². The molecule has 2 aromatic carbocycles. The monoisotopic (exact) mass is 437 g/mol. The Balaban J connectivity index is 1.41. The average molecular weight is 438 g/mol. The molecule has 0 aliphatic carbocycles. The maximum atomic E-state index is 12.5. The fourth-order valence-corrected chi connectivity index (χ4v) is 4.66. The summed E-state index contributed by atoms with van der Waals surface area (Å²) in [6.07, 6.45) is 0. The molecular formula is C21H19N5O2S2. The fourth-order valence-electron chi connectivity index (χ4n) is 2.84. The quantitative estimate of drug-likeness (QED) is 0.296. The minimum Gasteiger partial charge on any atom is -0.507 e. The molecule has 0 radical (unpaired) electrons. The molecule has 7 nitrogen and oxygen atoms in total. The van der Waals surface area contributed by atoms with Crippen LogP contribution in [0.2, 0.25) is 0 Å². The first-order chi connectivity index (χ1) is 14.5. The summed E-state index contributed by atoms with van der Waals surface area (Å²) in [5.41, 5.74) is 4.55. The highest BCUT2D eigenvalue weighted by molar-refractivity contribution is 8.00. The van der Waals surface area contributed by atoms with Gasteiger partial charge in [-0.15, -0.1) is 10.2 Å². The van der Waals surface area contributed by atoms with E-state index in [1.165, 1.54) is 22.5 Å². The minimum absolute atomic E-state index is 0.149. The van der Waals surface area contributed by atoms with Gasteiger partial charge < -0.3 is 5.11 Å². The van der Waals surface area contributed by atoms with Crippen molar-refractivity contribution in [3.8, 4) is 17.0 Å². The maximum absolute atomic E-state index is 12.5. The van der Waals surface area contributed by atoms with Crippen LogP contribution in [-0.4, -0.2) is 31.4 Å². The Kier molecular flexibility index (Phi) is 5.82. The predicted octanol–water partition coefficient (Wildman–Crippen LogP) is 4.80. The summed E-state index contributed by atoms with van der Waals surface area (Å²) < 4.78 is 0.781. The van der Waals surface area contributed by atoms with Gasteiger partial charge in [0.1, 0.15) is 11.4 Å². The molecule has 0 atom stereocenters. The van der Waals surface area contributed by atoms with Crippen LogP contribution in [0.4, 0.5) is 5.13 Å². The number of aryl methyl sites for hydroxylation is 2. The van der Waals surface area contributed by atoms with Crippen LogP contribution < -0.4 is 5.32 Å². The smallest absolute Gasteiger partial charge is 0.275 e. The van der Waals surface area contributed by atoms with Crippen molar-refractivity contribution in [3.63, 3.8) is 0 Å². The highest BCUT2D eigenvalue weighted by atomic mass is 32.2. The first kappa shape index (κ1) is 20.1. The molecule has 30 heavy (non-hydrogen) atoms. The van der Waals surface area contributed by atoms with Crippen LogP contribution in [0.5, 0.6) is 5.75 Å². The number of aromatic hydroxyl groups is 1. The van der Waals surface area contributed by atoms with Gasteiger partial charge in [-0.3, -0.25) is 15.2 Å². The van der Waals surface area contributed by atoms with E-state index in [1.807, 2.05) is 31.2 Å². The third-order valence-corrected chi connectivity index (χ3v) is 6.60. The molecule has 9 heteroatoms. The van der Waals surface area contributed by atoms with Crippen molar-refractivity contribution in [1.29, 1.82) is 0 Å². The van der Waals surface area contributed by atoms with E-state index in [9.17, 15) is 9.90 Å². The molecule has 0 unspecified atom stereocenters. The fraction of sp³-hybridized carbons (Fsp3) is 0.143. The second kappa shape index (κ2) is 8.68. The van der Waals surface area contributed by atoms with Crippen LogP contribution in [0, 0.1) is 13.8 Å². The molecule has 4 aromatic rings. The molecule has 2 aromatic heterocycles. The van der Waals surface area contributed by atoms with E-state index >= 15 is 0 Å². The molecule has 0 saturated heterocycles. The summed E-state index contributed by atoms with van der Waals surface area (Å²) in [6.45, 7) is 3.89. The molecule has 152 valence electrons. The highest BCUT2D eigenvalue weighted by Gasteiger charge is 2.16. The molecule has 4 rings (SSSR count). The lowest BCUT2D eigenvalue weighted by Crippen LogP contribution is -2.12. The van der Waals surface area contributed by atoms with Gasteiger partial charge in [0.05, 0.1) is 5.69 Å². The number of aromatic amines is 1.